The monoisotopic (exact) mass is 316 g/mol. The summed E-state index contributed by atoms with van der Waals surface area (Å²) in [6, 6.07) is 0. The van der Waals surface area contributed by atoms with Crippen molar-refractivity contribution >= 4 is 5.78 Å². The number of allylic oxidation sites excluding steroid dienone is 2. The summed E-state index contributed by atoms with van der Waals surface area (Å²) in [6.45, 7) is 6.49. The number of hydrogen-bond acceptors (Lipinski definition) is 2. The molecule has 0 aromatic carbocycles. The minimum absolute atomic E-state index is 0.0305. The van der Waals surface area contributed by atoms with Gasteiger partial charge in [0.25, 0.3) is 0 Å². The van der Waals surface area contributed by atoms with Crippen molar-refractivity contribution in [2.75, 3.05) is 0 Å². The van der Waals surface area contributed by atoms with Crippen molar-refractivity contribution in [3.05, 3.63) is 11.6 Å². The van der Waals surface area contributed by atoms with E-state index < -0.39 is 0 Å². The van der Waals surface area contributed by atoms with E-state index in [4.69, 9.17) is 0 Å². The Kier molecular flexibility index (Phi) is 3.58. The van der Waals surface area contributed by atoms with Gasteiger partial charge in [-0.2, -0.15) is 0 Å². The lowest BCUT2D eigenvalue weighted by Crippen LogP contribution is -2.56. The second-order valence-electron chi connectivity index (χ2n) is 9.40. The van der Waals surface area contributed by atoms with Crippen molar-refractivity contribution in [3.63, 3.8) is 0 Å². The highest BCUT2D eigenvalue weighted by molar-refractivity contribution is 5.79. The van der Waals surface area contributed by atoms with Gasteiger partial charge in [0, 0.05) is 5.92 Å². The van der Waals surface area contributed by atoms with Crippen LogP contribution in [0.1, 0.15) is 72.1 Å². The fraction of sp³-hybridized carbons (Fsp3) is 0.857. The van der Waals surface area contributed by atoms with Gasteiger partial charge >= 0.3 is 0 Å². The van der Waals surface area contributed by atoms with Gasteiger partial charge in [-0.15, -0.1) is 0 Å². The largest absolute Gasteiger partial charge is 0.393 e. The molecule has 0 aromatic heterocycles. The molecule has 0 aromatic rings. The maximum Gasteiger partial charge on any atom is 0.133 e. The molecular weight excluding hydrogens is 284 g/mol. The smallest absolute Gasteiger partial charge is 0.133 e. The van der Waals surface area contributed by atoms with Crippen LogP contribution < -0.4 is 0 Å². The normalized spacial score (nSPS) is 52.2. The van der Waals surface area contributed by atoms with E-state index in [1.807, 2.05) is 0 Å². The molecule has 0 aliphatic heterocycles. The predicted octanol–water partition coefficient (Wildman–Crippen LogP) is 4.52. The quantitative estimate of drug-likeness (QED) is 0.722. The molecule has 3 saturated carbocycles. The number of ketones is 1. The molecule has 2 nitrogen and oxygen atoms in total. The number of hydrogen-bond donors (Lipinski definition) is 1. The topological polar surface area (TPSA) is 37.3 Å². The van der Waals surface area contributed by atoms with Gasteiger partial charge in [-0.25, -0.2) is 0 Å². The van der Waals surface area contributed by atoms with Crippen molar-refractivity contribution in [1.29, 1.82) is 0 Å². The minimum Gasteiger partial charge on any atom is -0.393 e. The zero-order valence-electron chi connectivity index (χ0n) is 15.0. The van der Waals surface area contributed by atoms with E-state index in [9.17, 15) is 9.90 Å². The molecule has 0 radical (unpaired) electrons. The molecule has 7 unspecified atom stereocenters. The van der Waals surface area contributed by atoms with E-state index in [0.717, 1.165) is 19.3 Å². The molecule has 7 atom stereocenters. The van der Waals surface area contributed by atoms with Crippen LogP contribution in [0.15, 0.2) is 11.6 Å². The molecule has 4 aliphatic carbocycles. The van der Waals surface area contributed by atoms with E-state index in [1.54, 1.807) is 12.5 Å². The Hall–Kier alpha value is -0.630. The standard InChI is InChI=1S/C21H32O2/c1-13(22)16-9-10-17-15-8-7-14-6-4-5-11-20(14,2)19(15)18(23)12-21(16,17)3/h7,15-19,23H,4-6,8-12H2,1-3H3. The summed E-state index contributed by atoms with van der Waals surface area (Å²) in [5, 5.41) is 11.2. The lowest BCUT2D eigenvalue weighted by Gasteiger charge is -2.59. The molecule has 4 aliphatic rings. The maximum absolute atomic E-state index is 12.2. The summed E-state index contributed by atoms with van der Waals surface area (Å²) >= 11 is 0. The third kappa shape index (κ3) is 2.06. The minimum atomic E-state index is -0.229. The fourth-order valence-electron chi connectivity index (χ4n) is 7.50. The van der Waals surface area contributed by atoms with Crippen LogP contribution in [0.4, 0.5) is 0 Å². The van der Waals surface area contributed by atoms with Gasteiger partial charge in [0.1, 0.15) is 5.78 Å². The van der Waals surface area contributed by atoms with Crippen molar-refractivity contribution in [1.82, 2.24) is 0 Å². The van der Waals surface area contributed by atoms with Crippen LogP contribution in [-0.4, -0.2) is 17.0 Å². The Morgan fingerprint density at radius 3 is 2.78 bits per heavy atom. The molecule has 0 saturated heterocycles. The lowest BCUT2D eigenvalue weighted by atomic mass is 9.46. The highest BCUT2D eigenvalue weighted by Crippen LogP contribution is 2.66. The molecule has 4 rings (SSSR count). The molecule has 128 valence electrons. The SMILES string of the molecule is CC(=O)C1CCC2C3CC=C4CCCCC4(C)C3C(O)CC12C. The molecule has 23 heavy (non-hydrogen) atoms. The molecule has 0 spiro atoms. The van der Waals surface area contributed by atoms with Gasteiger partial charge < -0.3 is 5.11 Å². The second kappa shape index (κ2) is 5.18. The maximum atomic E-state index is 12.2. The Labute approximate surface area is 140 Å². The summed E-state index contributed by atoms with van der Waals surface area (Å²) in [7, 11) is 0. The predicted molar refractivity (Wildman–Crippen MR) is 91.9 cm³/mol. The van der Waals surface area contributed by atoms with Crippen LogP contribution in [0.2, 0.25) is 0 Å². The summed E-state index contributed by atoms with van der Waals surface area (Å²) < 4.78 is 0. The Morgan fingerprint density at radius 2 is 2.04 bits per heavy atom. The molecule has 0 amide bonds. The number of fused-ring (bicyclic) bond motifs is 5. The molecule has 2 heteroatoms. The van der Waals surface area contributed by atoms with Gasteiger partial charge in [0.2, 0.25) is 0 Å². The highest BCUT2D eigenvalue weighted by Gasteiger charge is 2.61. The molecular formula is C21H32O2. The summed E-state index contributed by atoms with van der Waals surface area (Å²) in [4.78, 5) is 12.2. The first-order valence-corrected chi connectivity index (χ1v) is 9.76. The number of aliphatic hydroxyl groups excluding tert-OH is 1. The first-order chi connectivity index (χ1) is 10.9. The van der Waals surface area contributed by atoms with Crippen LogP contribution in [0.5, 0.6) is 0 Å². The van der Waals surface area contributed by atoms with E-state index in [1.165, 1.54) is 32.1 Å². The van der Waals surface area contributed by atoms with Gasteiger partial charge in [-0.05, 0) is 80.5 Å². The van der Waals surface area contributed by atoms with E-state index in [-0.39, 0.29) is 22.9 Å². The average Bonchev–Trinajstić information content (AvgIpc) is 2.82. The summed E-state index contributed by atoms with van der Waals surface area (Å²) in [6.07, 6.45) is 11.6. The van der Waals surface area contributed by atoms with Crippen LogP contribution in [-0.2, 0) is 4.79 Å². The van der Waals surface area contributed by atoms with E-state index in [0.29, 0.717) is 23.5 Å². The Bertz CT molecular complexity index is 550. The Morgan fingerprint density at radius 1 is 1.26 bits per heavy atom. The van der Waals surface area contributed by atoms with E-state index >= 15 is 0 Å². The van der Waals surface area contributed by atoms with E-state index in [2.05, 4.69) is 19.9 Å². The van der Waals surface area contributed by atoms with Crippen LogP contribution >= 0.6 is 0 Å². The summed E-state index contributed by atoms with van der Waals surface area (Å²) in [5.74, 6) is 2.15. The number of carbonyl (C=O) groups excluding carboxylic acids is 1. The van der Waals surface area contributed by atoms with Crippen LogP contribution in [0.3, 0.4) is 0 Å². The second-order valence-corrected chi connectivity index (χ2v) is 9.40. The van der Waals surface area contributed by atoms with Crippen molar-refractivity contribution in [3.8, 4) is 0 Å². The van der Waals surface area contributed by atoms with Crippen molar-refractivity contribution in [2.24, 2.45) is 34.5 Å². The van der Waals surface area contributed by atoms with Gasteiger partial charge in [-0.1, -0.05) is 31.9 Å². The molecule has 0 heterocycles. The molecule has 0 bridgehead atoms. The van der Waals surface area contributed by atoms with Crippen LogP contribution in [0, 0.1) is 34.5 Å². The number of carbonyl (C=O) groups is 1. The summed E-state index contributed by atoms with van der Waals surface area (Å²) in [5.41, 5.74) is 1.88. The first-order valence-electron chi connectivity index (χ1n) is 9.76. The third-order valence-electron chi connectivity index (χ3n) is 8.44. The molecule has 3 fully saturated rings. The highest BCUT2D eigenvalue weighted by atomic mass is 16.3. The Balaban J connectivity index is 1.73. The van der Waals surface area contributed by atoms with Gasteiger partial charge in [0.05, 0.1) is 6.10 Å². The zero-order valence-corrected chi connectivity index (χ0v) is 15.0. The number of aliphatic hydroxyl groups is 1. The molecule has 1 N–H and O–H groups in total. The zero-order chi connectivity index (χ0) is 16.4. The first kappa shape index (κ1) is 15.9. The third-order valence-corrected chi connectivity index (χ3v) is 8.44. The average molecular weight is 316 g/mol. The lowest BCUT2D eigenvalue weighted by molar-refractivity contribution is -0.138. The van der Waals surface area contributed by atoms with Gasteiger partial charge in [0.15, 0.2) is 0 Å². The van der Waals surface area contributed by atoms with Crippen LogP contribution in [0.25, 0.3) is 0 Å². The fourth-order valence-corrected chi connectivity index (χ4v) is 7.50. The van der Waals surface area contributed by atoms with Crippen molar-refractivity contribution in [2.45, 2.75) is 78.2 Å². The van der Waals surface area contributed by atoms with Gasteiger partial charge in [-0.3, -0.25) is 4.79 Å². The van der Waals surface area contributed by atoms with Crippen molar-refractivity contribution < 1.29 is 9.90 Å². The number of Topliss-reactive ketones (excluding diaryl/α,β-unsaturated/α-hetero) is 1. The number of rotatable bonds is 1.